The number of esters is 1. The van der Waals surface area contributed by atoms with Gasteiger partial charge >= 0.3 is 11.7 Å². The molecule has 29 heavy (non-hydrogen) atoms. The zero-order valence-electron chi connectivity index (χ0n) is 16.6. The number of benzene rings is 1. The Morgan fingerprint density at radius 2 is 2.00 bits per heavy atom. The number of hydrogen-bond acceptors (Lipinski definition) is 6. The molecule has 3 rings (SSSR count). The molecule has 8 heteroatoms. The fourth-order valence-electron chi connectivity index (χ4n) is 3.76. The van der Waals surface area contributed by atoms with Crippen LogP contribution in [0.15, 0.2) is 38.8 Å². The quantitative estimate of drug-likeness (QED) is 0.592. The van der Waals surface area contributed by atoms with Crippen molar-refractivity contribution in [2.45, 2.75) is 51.5 Å². The summed E-state index contributed by atoms with van der Waals surface area (Å²) in [4.78, 5) is 43.5. The number of carbonyl (C=O) groups excluding carboxylic acids is 1. The van der Waals surface area contributed by atoms with Crippen molar-refractivity contribution in [2.24, 2.45) is 4.99 Å². The van der Waals surface area contributed by atoms with E-state index >= 15 is 0 Å². The van der Waals surface area contributed by atoms with Crippen molar-refractivity contribution in [3.63, 3.8) is 0 Å². The number of nitrogens with zero attached hydrogens (tertiary/aromatic N) is 2. The van der Waals surface area contributed by atoms with Crippen LogP contribution in [0, 0.1) is 0 Å². The number of aromatic amines is 1. The first-order valence-electron chi connectivity index (χ1n) is 9.80. The molecule has 0 spiro atoms. The largest absolute Gasteiger partial charge is 0.494 e. The molecule has 1 heterocycles. The van der Waals surface area contributed by atoms with Crippen LogP contribution in [0.5, 0.6) is 5.88 Å². The molecule has 0 radical (unpaired) electrons. The van der Waals surface area contributed by atoms with Gasteiger partial charge in [-0.05, 0) is 37.5 Å². The van der Waals surface area contributed by atoms with Crippen LogP contribution in [0.25, 0.3) is 0 Å². The monoisotopic (exact) mass is 399 g/mol. The van der Waals surface area contributed by atoms with E-state index in [2.05, 4.69) is 9.98 Å². The minimum absolute atomic E-state index is 0.0128. The number of hydrogen-bond donors (Lipinski definition) is 2. The molecule has 2 N–H and O–H groups in total. The van der Waals surface area contributed by atoms with Crippen LogP contribution in [0.1, 0.15) is 67.4 Å². The van der Waals surface area contributed by atoms with Gasteiger partial charge in [-0.2, -0.15) is 0 Å². The summed E-state index contributed by atoms with van der Waals surface area (Å²) in [6.07, 6.45) is 4.94. The molecule has 0 saturated heterocycles. The second kappa shape index (κ2) is 8.89. The van der Waals surface area contributed by atoms with E-state index in [1.54, 1.807) is 31.2 Å². The Labute approximate surface area is 167 Å². The summed E-state index contributed by atoms with van der Waals surface area (Å²) >= 11 is 0. The lowest BCUT2D eigenvalue weighted by Crippen LogP contribution is -2.36. The molecule has 1 aromatic heterocycles. The number of aliphatic imine (C=N–C) groups is 1. The highest BCUT2D eigenvalue weighted by atomic mass is 16.5. The first kappa shape index (κ1) is 20.6. The first-order valence-corrected chi connectivity index (χ1v) is 9.80. The highest BCUT2D eigenvalue weighted by molar-refractivity contribution is 6.03. The number of aromatic hydroxyl groups is 1. The minimum atomic E-state index is -0.677. The highest BCUT2D eigenvalue weighted by Gasteiger charge is 2.24. The summed E-state index contributed by atoms with van der Waals surface area (Å²) in [7, 11) is 1.29. The number of aromatic nitrogens is 2. The Kier molecular flexibility index (Phi) is 6.31. The third kappa shape index (κ3) is 4.31. The van der Waals surface area contributed by atoms with Gasteiger partial charge in [0, 0.05) is 6.04 Å². The molecule has 0 bridgehead atoms. The van der Waals surface area contributed by atoms with Gasteiger partial charge in [-0.1, -0.05) is 32.3 Å². The molecule has 2 aromatic rings. The van der Waals surface area contributed by atoms with Crippen molar-refractivity contribution in [2.75, 3.05) is 7.11 Å². The van der Waals surface area contributed by atoms with Gasteiger partial charge in [0.15, 0.2) is 0 Å². The van der Waals surface area contributed by atoms with E-state index in [1.807, 2.05) is 0 Å². The van der Waals surface area contributed by atoms with Gasteiger partial charge in [0.25, 0.3) is 5.56 Å². The summed E-state index contributed by atoms with van der Waals surface area (Å²) in [6, 6.07) is 6.34. The number of carbonyl (C=O) groups is 1. The number of rotatable bonds is 5. The predicted molar refractivity (Wildman–Crippen MR) is 109 cm³/mol. The van der Waals surface area contributed by atoms with Gasteiger partial charge in [-0.25, -0.2) is 9.59 Å². The van der Waals surface area contributed by atoms with E-state index in [1.165, 1.54) is 11.7 Å². The summed E-state index contributed by atoms with van der Waals surface area (Å²) in [6.45, 7) is 1.80. The summed E-state index contributed by atoms with van der Waals surface area (Å²) in [5.41, 5.74) is -0.194. The number of H-pyrrole nitrogens is 1. The molecule has 0 amide bonds. The maximum Gasteiger partial charge on any atom is 0.337 e. The van der Waals surface area contributed by atoms with Crippen molar-refractivity contribution in [3.8, 4) is 5.88 Å². The SMILES string of the molecule is CCC(=Nc1cccc(C(=O)OC)c1)c1c(O)n(C2CCCCC2)c(=O)[nH]c1=O. The molecule has 0 atom stereocenters. The van der Waals surface area contributed by atoms with Crippen LogP contribution in [0.4, 0.5) is 5.69 Å². The average Bonchev–Trinajstić information content (AvgIpc) is 2.73. The molecule has 1 aliphatic rings. The average molecular weight is 399 g/mol. The van der Waals surface area contributed by atoms with Crippen molar-refractivity contribution >= 4 is 17.4 Å². The first-order chi connectivity index (χ1) is 14.0. The van der Waals surface area contributed by atoms with Crippen molar-refractivity contribution in [1.29, 1.82) is 0 Å². The Balaban J connectivity index is 2.10. The van der Waals surface area contributed by atoms with Crippen LogP contribution in [-0.4, -0.2) is 33.4 Å². The van der Waals surface area contributed by atoms with E-state index in [4.69, 9.17) is 4.74 Å². The molecule has 1 fully saturated rings. The predicted octanol–water partition coefficient (Wildman–Crippen LogP) is 3.06. The van der Waals surface area contributed by atoms with Crippen molar-refractivity contribution in [1.82, 2.24) is 9.55 Å². The Hall–Kier alpha value is -3.16. The third-order valence-corrected chi connectivity index (χ3v) is 5.21. The molecule has 0 aliphatic heterocycles. The van der Waals surface area contributed by atoms with Gasteiger partial charge in [0.05, 0.1) is 24.1 Å². The molecule has 8 nitrogen and oxygen atoms in total. The van der Waals surface area contributed by atoms with Crippen LogP contribution in [0.3, 0.4) is 0 Å². The molecule has 154 valence electrons. The normalized spacial score (nSPS) is 15.3. The maximum atomic E-state index is 12.5. The molecule has 1 saturated carbocycles. The smallest absolute Gasteiger partial charge is 0.337 e. The molecule has 1 aliphatic carbocycles. The van der Waals surface area contributed by atoms with Crippen molar-refractivity contribution in [3.05, 3.63) is 56.2 Å². The minimum Gasteiger partial charge on any atom is -0.494 e. The van der Waals surface area contributed by atoms with Gasteiger partial charge in [-0.15, -0.1) is 0 Å². The van der Waals surface area contributed by atoms with E-state index in [0.717, 1.165) is 32.1 Å². The van der Waals surface area contributed by atoms with Gasteiger partial charge in [-0.3, -0.25) is 19.3 Å². The lowest BCUT2D eigenvalue weighted by Gasteiger charge is -2.25. The second-order valence-electron chi connectivity index (χ2n) is 7.07. The summed E-state index contributed by atoms with van der Waals surface area (Å²) in [5, 5.41) is 10.9. The highest BCUT2D eigenvalue weighted by Crippen LogP contribution is 2.30. The van der Waals surface area contributed by atoms with E-state index < -0.39 is 17.2 Å². The zero-order chi connectivity index (χ0) is 21.0. The lowest BCUT2D eigenvalue weighted by atomic mass is 9.95. The fraction of sp³-hybridized carbons (Fsp3) is 0.429. The topological polar surface area (TPSA) is 114 Å². The Morgan fingerprint density at radius 3 is 2.66 bits per heavy atom. The Bertz CT molecular complexity index is 1050. The van der Waals surface area contributed by atoms with Crippen LogP contribution in [0.2, 0.25) is 0 Å². The molecular formula is C21H25N3O5. The summed E-state index contributed by atoms with van der Waals surface area (Å²) < 4.78 is 6.00. The van der Waals surface area contributed by atoms with Crippen LogP contribution < -0.4 is 11.2 Å². The maximum absolute atomic E-state index is 12.5. The van der Waals surface area contributed by atoms with Gasteiger partial charge in [0.2, 0.25) is 5.88 Å². The standard InChI is InChI=1S/C21H25N3O5/c1-3-16(22-14-9-7-8-13(12-14)20(27)29-2)17-18(25)23-21(28)24(19(17)26)15-10-5-4-6-11-15/h7-9,12,15,26H,3-6,10-11H2,1-2H3,(H,23,25,28). The number of nitrogens with one attached hydrogen (secondary N) is 1. The summed E-state index contributed by atoms with van der Waals surface area (Å²) in [5.74, 6) is -0.845. The molecule has 0 unspecified atom stereocenters. The van der Waals surface area contributed by atoms with E-state index in [0.29, 0.717) is 23.4 Å². The van der Waals surface area contributed by atoms with Crippen molar-refractivity contribution < 1.29 is 14.6 Å². The third-order valence-electron chi connectivity index (χ3n) is 5.21. The fourth-order valence-corrected chi connectivity index (χ4v) is 3.76. The molecular weight excluding hydrogens is 374 g/mol. The van der Waals surface area contributed by atoms with Gasteiger partial charge in [0.1, 0.15) is 5.56 Å². The Morgan fingerprint density at radius 1 is 1.28 bits per heavy atom. The zero-order valence-corrected chi connectivity index (χ0v) is 16.6. The number of methoxy groups -OCH3 is 1. The second-order valence-corrected chi connectivity index (χ2v) is 7.07. The van der Waals surface area contributed by atoms with E-state index in [-0.39, 0.29) is 17.5 Å². The van der Waals surface area contributed by atoms with Crippen LogP contribution in [-0.2, 0) is 4.74 Å². The lowest BCUT2D eigenvalue weighted by molar-refractivity contribution is 0.0600. The number of ether oxygens (including phenoxy) is 1. The van der Waals surface area contributed by atoms with Crippen LogP contribution >= 0.6 is 0 Å². The van der Waals surface area contributed by atoms with E-state index in [9.17, 15) is 19.5 Å². The molecule has 1 aromatic carbocycles. The van der Waals surface area contributed by atoms with Gasteiger partial charge < -0.3 is 9.84 Å².